The Labute approximate surface area is 179 Å². The molecule has 6 nitrogen and oxygen atoms in total. The zero-order chi connectivity index (χ0) is 22.1. The summed E-state index contributed by atoms with van der Waals surface area (Å²) in [7, 11) is 0. The van der Waals surface area contributed by atoms with Crippen molar-refractivity contribution in [1.29, 1.82) is 0 Å². The molecule has 1 N–H and O–H groups in total. The maximum Gasteiger partial charge on any atom is 0.446 e. The van der Waals surface area contributed by atoms with Crippen LogP contribution in [0, 0.1) is 0 Å². The number of carbonyl (C=O) groups excluding carboxylic acids is 3. The maximum absolute atomic E-state index is 12.3. The summed E-state index contributed by atoms with van der Waals surface area (Å²) in [6, 6.07) is 8.42. The molecular weight excluding hydrogens is 441 g/mol. The van der Waals surface area contributed by atoms with Crippen molar-refractivity contribution < 1.29 is 32.3 Å². The minimum Gasteiger partial charge on any atom is -0.452 e. The molecule has 0 spiro atoms. The lowest BCUT2D eigenvalue weighted by atomic mass is 10.2. The minimum absolute atomic E-state index is 0.0195. The highest BCUT2D eigenvalue weighted by molar-refractivity contribution is 8.00. The Morgan fingerprint density at radius 1 is 1.17 bits per heavy atom. The predicted octanol–water partition coefficient (Wildman–Crippen LogP) is 3.68. The number of rotatable bonds is 9. The molecule has 0 atom stereocenters. The second-order valence-corrected chi connectivity index (χ2v) is 8.08. The van der Waals surface area contributed by atoms with E-state index in [0.29, 0.717) is 6.54 Å². The van der Waals surface area contributed by atoms with E-state index in [1.807, 2.05) is 17.5 Å². The molecule has 2 rings (SSSR count). The summed E-state index contributed by atoms with van der Waals surface area (Å²) in [6.45, 7) is 1.53. The summed E-state index contributed by atoms with van der Waals surface area (Å²) >= 11 is 1.20. The van der Waals surface area contributed by atoms with E-state index in [4.69, 9.17) is 4.74 Å². The summed E-state index contributed by atoms with van der Waals surface area (Å²) in [5, 5.41) is 4.59. The largest absolute Gasteiger partial charge is 0.452 e. The molecule has 0 unspecified atom stereocenters. The molecule has 1 aromatic heterocycles. The smallest absolute Gasteiger partial charge is 0.446 e. The molecule has 162 valence electrons. The highest BCUT2D eigenvalue weighted by atomic mass is 32.2. The van der Waals surface area contributed by atoms with Gasteiger partial charge in [0.2, 0.25) is 5.91 Å². The van der Waals surface area contributed by atoms with Gasteiger partial charge in [-0.1, -0.05) is 6.07 Å². The average Bonchev–Trinajstić information content (AvgIpc) is 3.21. The van der Waals surface area contributed by atoms with E-state index in [2.05, 4.69) is 5.32 Å². The molecule has 1 aromatic carbocycles. The fourth-order valence-corrected chi connectivity index (χ4v) is 3.48. The number of benzene rings is 1. The first-order chi connectivity index (χ1) is 14.2. The molecule has 0 aliphatic rings. The summed E-state index contributed by atoms with van der Waals surface area (Å²) in [6.07, 6.45) is 0. The standard InChI is InChI=1S/C19H19F3N2O4S2/c1-2-24(11-16(25)23-10-15-4-3-9-29-15)17(26)12-28-18(27)13-5-7-14(8-6-13)30-19(20,21)22/h3-9H,2,10-12H2,1H3,(H,23,25). The number of nitrogens with zero attached hydrogens (tertiary/aromatic N) is 1. The van der Waals surface area contributed by atoms with Crippen LogP contribution in [0.3, 0.4) is 0 Å². The van der Waals surface area contributed by atoms with Crippen molar-refractivity contribution in [3.63, 3.8) is 0 Å². The van der Waals surface area contributed by atoms with Crippen molar-refractivity contribution in [2.45, 2.75) is 23.9 Å². The van der Waals surface area contributed by atoms with Crippen LogP contribution in [-0.4, -0.2) is 47.9 Å². The van der Waals surface area contributed by atoms with E-state index in [0.717, 1.165) is 17.0 Å². The van der Waals surface area contributed by atoms with Gasteiger partial charge in [0, 0.05) is 16.3 Å². The lowest BCUT2D eigenvalue weighted by Crippen LogP contribution is -2.42. The molecule has 30 heavy (non-hydrogen) atoms. The number of alkyl halides is 3. The highest BCUT2D eigenvalue weighted by Crippen LogP contribution is 2.36. The number of likely N-dealkylation sites (N-methyl/N-ethyl adjacent to an activating group) is 1. The number of thiophene rings is 1. The summed E-state index contributed by atoms with van der Waals surface area (Å²) < 4.78 is 41.9. The number of esters is 1. The average molecular weight is 460 g/mol. The van der Waals surface area contributed by atoms with Crippen LogP contribution in [0.5, 0.6) is 0 Å². The third-order valence-corrected chi connectivity index (χ3v) is 5.37. The van der Waals surface area contributed by atoms with Crippen molar-refractivity contribution in [1.82, 2.24) is 10.2 Å². The van der Waals surface area contributed by atoms with E-state index >= 15 is 0 Å². The first-order valence-corrected chi connectivity index (χ1v) is 10.5. The summed E-state index contributed by atoms with van der Waals surface area (Å²) in [5.41, 5.74) is -4.40. The monoisotopic (exact) mass is 460 g/mol. The molecule has 2 aromatic rings. The Kier molecular flexibility index (Phi) is 8.72. The minimum atomic E-state index is -4.42. The van der Waals surface area contributed by atoms with Gasteiger partial charge in [0.15, 0.2) is 6.61 Å². The SMILES string of the molecule is CCN(CC(=O)NCc1cccs1)C(=O)COC(=O)c1ccc(SC(F)(F)F)cc1. The number of carbonyl (C=O) groups is 3. The number of ether oxygens (including phenoxy) is 1. The molecule has 0 aliphatic heterocycles. The molecule has 2 amide bonds. The lowest BCUT2D eigenvalue weighted by Gasteiger charge is -2.20. The number of amides is 2. The fourth-order valence-electron chi connectivity index (χ4n) is 2.30. The van der Waals surface area contributed by atoms with Crippen molar-refractivity contribution in [2.75, 3.05) is 19.7 Å². The first kappa shape index (κ1) is 23.7. The van der Waals surface area contributed by atoms with Crippen molar-refractivity contribution >= 4 is 40.9 Å². The van der Waals surface area contributed by atoms with Gasteiger partial charge in [-0.3, -0.25) is 9.59 Å². The fraction of sp³-hybridized carbons (Fsp3) is 0.316. The Bertz CT molecular complexity index is 856. The van der Waals surface area contributed by atoms with E-state index in [9.17, 15) is 27.6 Å². The van der Waals surface area contributed by atoms with Crippen molar-refractivity contribution in [2.24, 2.45) is 0 Å². The molecule has 0 saturated heterocycles. The quantitative estimate of drug-likeness (QED) is 0.456. The predicted molar refractivity (Wildman–Crippen MR) is 107 cm³/mol. The van der Waals surface area contributed by atoms with Crippen LogP contribution in [0.1, 0.15) is 22.2 Å². The normalized spacial score (nSPS) is 11.1. The summed E-state index contributed by atoms with van der Waals surface area (Å²) in [5.74, 6) is -1.74. The Morgan fingerprint density at radius 2 is 1.87 bits per heavy atom. The van der Waals surface area contributed by atoms with E-state index in [1.165, 1.54) is 28.4 Å². The number of nitrogens with one attached hydrogen (secondary N) is 1. The highest BCUT2D eigenvalue weighted by Gasteiger charge is 2.29. The van der Waals surface area contributed by atoms with Gasteiger partial charge in [-0.15, -0.1) is 11.3 Å². The molecule has 0 fully saturated rings. The van der Waals surface area contributed by atoms with Crippen LogP contribution < -0.4 is 5.32 Å². The number of hydrogen-bond acceptors (Lipinski definition) is 6. The van der Waals surface area contributed by atoms with E-state index in [-0.39, 0.29) is 41.2 Å². The Morgan fingerprint density at radius 3 is 2.43 bits per heavy atom. The molecule has 0 radical (unpaired) electrons. The Balaban J connectivity index is 1.80. The Hall–Kier alpha value is -2.53. The van der Waals surface area contributed by atoms with Gasteiger partial charge in [0.1, 0.15) is 0 Å². The van der Waals surface area contributed by atoms with Gasteiger partial charge in [-0.25, -0.2) is 4.79 Å². The van der Waals surface area contributed by atoms with Gasteiger partial charge in [0.05, 0.1) is 18.7 Å². The van der Waals surface area contributed by atoms with Crippen molar-refractivity contribution in [3.05, 3.63) is 52.2 Å². The molecule has 0 bridgehead atoms. The van der Waals surface area contributed by atoms with Crippen LogP contribution in [0.25, 0.3) is 0 Å². The topological polar surface area (TPSA) is 75.7 Å². The number of hydrogen-bond donors (Lipinski definition) is 1. The molecule has 1 heterocycles. The maximum atomic E-state index is 12.3. The van der Waals surface area contributed by atoms with Crippen molar-refractivity contribution in [3.8, 4) is 0 Å². The van der Waals surface area contributed by atoms with E-state index < -0.39 is 24.0 Å². The second kappa shape index (κ2) is 11.0. The third kappa shape index (κ3) is 8.07. The zero-order valence-electron chi connectivity index (χ0n) is 15.9. The van der Waals surface area contributed by atoms with Crippen LogP contribution in [-0.2, 0) is 20.9 Å². The molecule has 0 saturated carbocycles. The number of thioether (sulfide) groups is 1. The van der Waals surface area contributed by atoms with Gasteiger partial charge < -0.3 is 15.0 Å². The first-order valence-electron chi connectivity index (χ1n) is 8.77. The van der Waals surface area contributed by atoms with Crippen LogP contribution in [0.2, 0.25) is 0 Å². The third-order valence-electron chi connectivity index (χ3n) is 3.76. The van der Waals surface area contributed by atoms with Gasteiger partial charge in [0.25, 0.3) is 5.91 Å². The zero-order valence-corrected chi connectivity index (χ0v) is 17.5. The van der Waals surface area contributed by atoms with Crippen LogP contribution >= 0.6 is 23.1 Å². The summed E-state index contributed by atoms with van der Waals surface area (Å²) in [4.78, 5) is 38.4. The lowest BCUT2D eigenvalue weighted by molar-refractivity contribution is -0.138. The van der Waals surface area contributed by atoms with Gasteiger partial charge in [-0.05, 0) is 54.4 Å². The second-order valence-electron chi connectivity index (χ2n) is 5.91. The molecule has 11 heteroatoms. The molecule has 0 aliphatic carbocycles. The molecular formula is C19H19F3N2O4S2. The van der Waals surface area contributed by atoms with Gasteiger partial charge in [-0.2, -0.15) is 13.2 Å². The van der Waals surface area contributed by atoms with Crippen LogP contribution in [0.4, 0.5) is 13.2 Å². The van der Waals surface area contributed by atoms with Gasteiger partial charge >= 0.3 is 11.5 Å². The van der Waals surface area contributed by atoms with E-state index in [1.54, 1.807) is 6.92 Å². The van der Waals surface area contributed by atoms with Crippen LogP contribution in [0.15, 0.2) is 46.7 Å². The number of halogens is 3.